The lowest BCUT2D eigenvalue weighted by atomic mass is 9.73. The predicted molar refractivity (Wildman–Crippen MR) is 151 cm³/mol. The highest BCUT2D eigenvalue weighted by Gasteiger charge is 2.42. The summed E-state index contributed by atoms with van der Waals surface area (Å²) in [4.78, 5) is 35.2. The van der Waals surface area contributed by atoms with Gasteiger partial charge in [-0.2, -0.15) is 0 Å². The van der Waals surface area contributed by atoms with E-state index in [4.69, 9.17) is 9.15 Å². The van der Waals surface area contributed by atoms with Gasteiger partial charge < -0.3 is 19.4 Å². The molecule has 0 aliphatic carbocycles. The molecule has 39 heavy (non-hydrogen) atoms. The van der Waals surface area contributed by atoms with E-state index in [1.165, 1.54) is 0 Å². The number of aromatic nitrogens is 2. The maximum atomic E-state index is 13.3. The Bertz CT molecular complexity index is 1170. The van der Waals surface area contributed by atoms with Crippen LogP contribution in [0.25, 0.3) is 6.08 Å². The van der Waals surface area contributed by atoms with Crippen LogP contribution in [0.5, 0.6) is 0 Å². The van der Waals surface area contributed by atoms with E-state index in [1.54, 1.807) is 44.6 Å². The number of aliphatic hydroxyl groups excluding tert-OH is 2. The number of oxazole rings is 1. The number of carbonyl (C=O) groups excluding carboxylic acids is 2. The number of Topliss-reactive ketones (excluding diaryl/α,β-unsaturated/α-hetero) is 1. The van der Waals surface area contributed by atoms with Gasteiger partial charge in [-0.3, -0.25) is 9.59 Å². The lowest BCUT2D eigenvalue weighted by Gasteiger charge is -2.34. The summed E-state index contributed by atoms with van der Waals surface area (Å²) in [6, 6.07) is 0. The molecule has 0 fully saturated rings. The fourth-order valence-corrected chi connectivity index (χ4v) is 5.58. The van der Waals surface area contributed by atoms with E-state index in [2.05, 4.69) is 16.0 Å². The van der Waals surface area contributed by atoms with E-state index < -0.39 is 35.6 Å². The van der Waals surface area contributed by atoms with Crippen molar-refractivity contribution in [3.63, 3.8) is 0 Å². The zero-order valence-corrected chi connectivity index (χ0v) is 24.7. The molecule has 2 aromatic heterocycles. The monoisotopic (exact) mass is 558 g/mol. The Morgan fingerprint density at radius 1 is 1.26 bits per heavy atom. The van der Waals surface area contributed by atoms with Gasteiger partial charge in [0.15, 0.2) is 5.89 Å². The van der Waals surface area contributed by atoms with Crippen LogP contribution in [0.1, 0.15) is 83.3 Å². The van der Waals surface area contributed by atoms with Crippen molar-refractivity contribution < 1.29 is 29.0 Å². The van der Waals surface area contributed by atoms with E-state index >= 15 is 0 Å². The lowest BCUT2D eigenvalue weighted by molar-refractivity contribution is -0.154. The Labute approximate surface area is 235 Å². The van der Waals surface area contributed by atoms with Crippen LogP contribution >= 0.6 is 11.3 Å². The normalized spacial score (nSPS) is 28.2. The van der Waals surface area contributed by atoms with Gasteiger partial charge in [-0.15, -0.1) is 11.3 Å². The fourth-order valence-electron chi connectivity index (χ4n) is 5.01. The average Bonchev–Trinajstić information content (AvgIpc) is 3.55. The molecule has 0 bridgehead atoms. The highest BCUT2D eigenvalue weighted by Crippen LogP contribution is 2.32. The molecule has 214 valence electrons. The van der Waals surface area contributed by atoms with Gasteiger partial charge in [-0.1, -0.05) is 39.3 Å². The first kappa shape index (κ1) is 30.9. The predicted octanol–water partition coefficient (Wildman–Crippen LogP) is 5.48. The first-order valence-corrected chi connectivity index (χ1v) is 14.5. The fraction of sp³-hybridized carbons (Fsp3) is 0.600. The summed E-state index contributed by atoms with van der Waals surface area (Å²) in [6.45, 7) is 10.7. The molecule has 0 unspecified atom stereocenters. The number of nitrogens with zero attached hydrogens (tertiary/aromatic N) is 2. The molecule has 0 spiro atoms. The third-order valence-electron chi connectivity index (χ3n) is 7.77. The second-order valence-corrected chi connectivity index (χ2v) is 12.4. The van der Waals surface area contributed by atoms with Crippen LogP contribution in [-0.2, 0) is 20.7 Å². The number of hydrogen-bond donors (Lipinski definition) is 2. The number of carbonyl (C=O) groups is 2. The Kier molecular flexibility index (Phi) is 10.8. The molecule has 3 heterocycles. The summed E-state index contributed by atoms with van der Waals surface area (Å²) in [6.07, 6.45) is 7.38. The van der Waals surface area contributed by atoms with Gasteiger partial charge in [0, 0.05) is 24.1 Å². The zero-order valence-electron chi connectivity index (χ0n) is 23.8. The summed E-state index contributed by atoms with van der Waals surface area (Å²) >= 11 is 1.55. The molecule has 9 heteroatoms. The topological polar surface area (TPSA) is 123 Å². The van der Waals surface area contributed by atoms with Crippen molar-refractivity contribution in [1.29, 1.82) is 0 Å². The van der Waals surface area contributed by atoms with Gasteiger partial charge in [0.25, 0.3) is 0 Å². The Morgan fingerprint density at radius 2 is 2.00 bits per heavy atom. The summed E-state index contributed by atoms with van der Waals surface area (Å²) in [5.41, 5.74) is 1.50. The van der Waals surface area contributed by atoms with E-state index in [1.807, 2.05) is 32.2 Å². The number of esters is 1. The molecule has 2 N–H and O–H groups in total. The SMILES string of the molecule is CC(=Cc1csc(C)n1)[C@@H]1CC=C(Cc2ncco2)CCC[C@H](C)[C@H](O)[C@@H](C)C(=O)C(C)(C)[C@@H](O)CC(=O)O1. The minimum Gasteiger partial charge on any atom is -0.457 e. The maximum Gasteiger partial charge on any atom is 0.309 e. The minimum atomic E-state index is -1.25. The summed E-state index contributed by atoms with van der Waals surface area (Å²) in [5.74, 6) is -1.06. The number of aryl methyl sites for hydroxylation is 1. The number of cyclic esters (lactones) is 1. The van der Waals surface area contributed by atoms with Crippen LogP contribution < -0.4 is 0 Å². The molecule has 3 rings (SSSR count). The van der Waals surface area contributed by atoms with Crippen LogP contribution in [0.2, 0.25) is 0 Å². The van der Waals surface area contributed by atoms with Crippen molar-refractivity contribution in [2.75, 3.05) is 0 Å². The molecule has 1 aliphatic rings. The van der Waals surface area contributed by atoms with Crippen molar-refractivity contribution >= 4 is 29.2 Å². The number of ketones is 1. The number of thiazole rings is 1. The van der Waals surface area contributed by atoms with E-state index in [-0.39, 0.29) is 18.1 Å². The minimum absolute atomic E-state index is 0.114. The lowest BCUT2D eigenvalue weighted by Crippen LogP contribution is -2.45. The van der Waals surface area contributed by atoms with Crippen molar-refractivity contribution in [3.8, 4) is 0 Å². The Hall–Kier alpha value is -2.62. The molecule has 8 nitrogen and oxygen atoms in total. The quantitative estimate of drug-likeness (QED) is 0.374. The Morgan fingerprint density at radius 3 is 2.64 bits per heavy atom. The standard InChI is InChI=1S/C30H42N2O6S/c1-18-8-7-9-22(15-26-31-12-13-37-26)10-11-24(19(2)14-23-17-39-21(4)32-23)38-27(34)16-25(33)30(5,6)29(36)20(3)28(18)35/h10,12-14,17-18,20,24-25,28,33,35H,7-9,11,15-16H2,1-6H3/t18-,20+,24-,25-,28-/m0/s1. The van der Waals surface area contributed by atoms with Crippen molar-refractivity contribution in [2.45, 2.75) is 98.4 Å². The van der Waals surface area contributed by atoms with Gasteiger partial charge in [-0.25, -0.2) is 9.97 Å². The molecule has 0 saturated carbocycles. The molecular weight excluding hydrogens is 516 g/mol. The number of ether oxygens (including phenoxy) is 1. The molecule has 0 radical (unpaired) electrons. The number of hydrogen-bond acceptors (Lipinski definition) is 9. The van der Waals surface area contributed by atoms with Crippen molar-refractivity contribution in [2.24, 2.45) is 17.3 Å². The smallest absolute Gasteiger partial charge is 0.309 e. The van der Waals surface area contributed by atoms with Crippen LogP contribution in [0, 0.1) is 24.2 Å². The average molecular weight is 559 g/mol. The van der Waals surface area contributed by atoms with E-state index in [0.29, 0.717) is 18.7 Å². The molecule has 2 aromatic rings. The van der Waals surface area contributed by atoms with Gasteiger partial charge >= 0.3 is 5.97 Å². The molecular formula is C30H42N2O6S. The number of aliphatic hydroxyl groups is 2. The first-order valence-electron chi connectivity index (χ1n) is 13.6. The molecule has 0 saturated heterocycles. The van der Waals surface area contributed by atoms with E-state index in [9.17, 15) is 19.8 Å². The molecule has 5 atom stereocenters. The largest absolute Gasteiger partial charge is 0.457 e. The number of allylic oxidation sites excluding steroid dienone is 1. The van der Waals surface area contributed by atoms with Gasteiger partial charge in [-0.05, 0) is 50.7 Å². The van der Waals surface area contributed by atoms with Gasteiger partial charge in [0.1, 0.15) is 18.2 Å². The van der Waals surface area contributed by atoms with Crippen LogP contribution in [0.4, 0.5) is 0 Å². The van der Waals surface area contributed by atoms with Crippen LogP contribution in [0.15, 0.2) is 39.5 Å². The maximum absolute atomic E-state index is 13.3. The van der Waals surface area contributed by atoms with Crippen LogP contribution in [-0.4, -0.2) is 50.2 Å². The summed E-state index contributed by atoms with van der Waals surface area (Å²) < 4.78 is 11.4. The second kappa shape index (κ2) is 13.6. The molecule has 0 aromatic carbocycles. The second-order valence-electron chi connectivity index (χ2n) is 11.3. The third-order valence-corrected chi connectivity index (χ3v) is 8.56. The Balaban J connectivity index is 1.94. The van der Waals surface area contributed by atoms with Crippen molar-refractivity contribution in [1.82, 2.24) is 9.97 Å². The first-order chi connectivity index (χ1) is 18.4. The molecule has 1 aliphatic heterocycles. The van der Waals surface area contributed by atoms with Crippen molar-refractivity contribution in [3.05, 3.63) is 51.7 Å². The summed E-state index contributed by atoms with van der Waals surface area (Å²) in [5, 5.41) is 24.8. The summed E-state index contributed by atoms with van der Waals surface area (Å²) in [7, 11) is 0. The highest BCUT2D eigenvalue weighted by atomic mass is 32.1. The van der Waals surface area contributed by atoms with Gasteiger partial charge in [0.2, 0.25) is 0 Å². The van der Waals surface area contributed by atoms with Crippen LogP contribution in [0.3, 0.4) is 0 Å². The highest BCUT2D eigenvalue weighted by molar-refractivity contribution is 7.09. The van der Waals surface area contributed by atoms with E-state index in [0.717, 1.165) is 41.1 Å². The molecule has 0 amide bonds. The third kappa shape index (κ3) is 8.43. The van der Waals surface area contributed by atoms with Gasteiger partial charge in [0.05, 0.1) is 40.9 Å². The number of rotatable bonds is 4. The zero-order chi connectivity index (χ0) is 28.7.